The minimum Gasteiger partial charge on any atom is -0.368 e. The predicted molar refractivity (Wildman–Crippen MR) is 61.5 cm³/mol. The van der Waals surface area contributed by atoms with Crippen LogP contribution in [0.1, 0.15) is 6.92 Å². The number of imidazole rings is 1. The molecule has 0 aliphatic heterocycles. The van der Waals surface area contributed by atoms with Crippen LogP contribution in [0.3, 0.4) is 0 Å². The zero-order chi connectivity index (χ0) is 11.8. The first kappa shape index (κ1) is 10.6. The number of rotatable bonds is 3. The molecular formula is C11H14N4O. The minimum atomic E-state index is -1.07. The molecule has 1 amide bonds. The van der Waals surface area contributed by atoms with Gasteiger partial charge in [-0.1, -0.05) is 12.1 Å². The van der Waals surface area contributed by atoms with E-state index in [9.17, 15) is 4.79 Å². The average molecular weight is 218 g/mol. The normalized spacial score (nSPS) is 14.9. The van der Waals surface area contributed by atoms with Gasteiger partial charge in [-0.15, -0.1) is 0 Å². The molecule has 0 fully saturated rings. The van der Waals surface area contributed by atoms with Crippen LogP contribution >= 0.6 is 0 Å². The summed E-state index contributed by atoms with van der Waals surface area (Å²) < 4.78 is 1.83. The highest BCUT2D eigenvalue weighted by atomic mass is 16.1. The smallest absolute Gasteiger partial charge is 0.239 e. The maximum absolute atomic E-state index is 11.1. The Bertz CT molecular complexity index is 530. The molecule has 2 rings (SSSR count). The lowest BCUT2D eigenvalue weighted by Crippen LogP contribution is -2.52. The Morgan fingerprint density at radius 1 is 1.50 bits per heavy atom. The van der Waals surface area contributed by atoms with Gasteiger partial charge in [0.1, 0.15) is 5.54 Å². The standard InChI is InChI=1S/C11H14N4O/c1-11(13,10(12)16)6-15-7-14-8-4-2-3-5-9(8)15/h2-5,7H,6,13H2,1H3,(H2,12,16). The first-order chi connectivity index (χ1) is 7.50. The van der Waals surface area contributed by atoms with Gasteiger partial charge in [-0.05, 0) is 19.1 Å². The van der Waals surface area contributed by atoms with Gasteiger partial charge in [-0.3, -0.25) is 4.79 Å². The number of primary amides is 1. The van der Waals surface area contributed by atoms with Crippen molar-refractivity contribution in [3.8, 4) is 0 Å². The molecule has 0 radical (unpaired) electrons. The SMILES string of the molecule is CC(N)(Cn1cnc2ccccc21)C(N)=O. The van der Waals surface area contributed by atoms with Crippen molar-refractivity contribution in [2.45, 2.75) is 19.0 Å². The number of nitrogens with zero attached hydrogens (tertiary/aromatic N) is 2. The summed E-state index contributed by atoms with van der Waals surface area (Å²) in [5.74, 6) is -0.523. The number of aromatic nitrogens is 2. The van der Waals surface area contributed by atoms with E-state index in [0.29, 0.717) is 6.54 Å². The molecule has 2 aromatic rings. The summed E-state index contributed by atoms with van der Waals surface area (Å²) in [6, 6.07) is 7.66. The van der Waals surface area contributed by atoms with Crippen LogP contribution in [-0.2, 0) is 11.3 Å². The summed E-state index contributed by atoms with van der Waals surface area (Å²) in [6.07, 6.45) is 1.67. The van der Waals surface area contributed by atoms with E-state index >= 15 is 0 Å². The van der Waals surface area contributed by atoms with E-state index in [0.717, 1.165) is 11.0 Å². The summed E-state index contributed by atoms with van der Waals surface area (Å²) in [7, 11) is 0. The maximum Gasteiger partial charge on any atom is 0.239 e. The number of fused-ring (bicyclic) bond motifs is 1. The summed E-state index contributed by atoms with van der Waals surface area (Å²) in [6.45, 7) is 1.94. The molecule has 0 saturated heterocycles. The van der Waals surface area contributed by atoms with Crippen LogP contribution in [-0.4, -0.2) is 21.0 Å². The lowest BCUT2D eigenvalue weighted by molar-refractivity contribution is -0.122. The summed E-state index contributed by atoms with van der Waals surface area (Å²) in [5.41, 5.74) is 11.8. The molecule has 84 valence electrons. The maximum atomic E-state index is 11.1. The molecule has 1 atom stereocenters. The number of carbonyl (C=O) groups is 1. The Kier molecular flexibility index (Phi) is 2.40. The van der Waals surface area contributed by atoms with Gasteiger partial charge in [-0.25, -0.2) is 4.98 Å². The monoisotopic (exact) mass is 218 g/mol. The van der Waals surface area contributed by atoms with Gasteiger partial charge in [0.05, 0.1) is 23.9 Å². The summed E-state index contributed by atoms with van der Waals surface area (Å²) >= 11 is 0. The van der Waals surface area contributed by atoms with Crippen LogP contribution in [0.25, 0.3) is 11.0 Å². The first-order valence-corrected chi connectivity index (χ1v) is 4.99. The van der Waals surface area contributed by atoms with Crippen molar-refractivity contribution >= 4 is 16.9 Å². The zero-order valence-corrected chi connectivity index (χ0v) is 9.05. The molecule has 4 N–H and O–H groups in total. The van der Waals surface area contributed by atoms with Crippen LogP contribution in [0.15, 0.2) is 30.6 Å². The van der Waals surface area contributed by atoms with Gasteiger partial charge in [0.25, 0.3) is 0 Å². The Morgan fingerprint density at radius 2 is 2.19 bits per heavy atom. The van der Waals surface area contributed by atoms with E-state index in [1.165, 1.54) is 0 Å². The third-order valence-corrected chi connectivity index (χ3v) is 2.59. The third-order valence-electron chi connectivity index (χ3n) is 2.59. The second-order valence-electron chi connectivity index (χ2n) is 4.14. The van der Waals surface area contributed by atoms with Crippen molar-refractivity contribution in [3.05, 3.63) is 30.6 Å². The van der Waals surface area contributed by atoms with Crippen molar-refractivity contribution in [2.75, 3.05) is 0 Å². The largest absolute Gasteiger partial charge is 0.368 e. The fraction of sp³-hybridized carbons (Fsp3) is 0.273. The second-order valence-corrected chi connectivity index (χ2v) is 4.14. The molecule has 0 saturated carbocycles. The number of hydrogen-bond acceptors (Lipinski definition) is 3. The minimum absolute atomic E-state index is 0.322. The van der Waals surface area contributed by atoms with Crippen LogP contribution in [0, 0.1) is 0 Å². The number of para-hydroxylation sites is 2. The van der Waals surface area contributed by atoms with Gasteiger partial charge in [0.15, 0.2) is 0 Å². The Labute approximate surface area is 93.1 Å². The number of benzene rings is 1. The molecule has 16 heavy (non-hydrogen) atoms. The molecule has 1 aromatic carbocycles. The first-order valence-electron chi connectivity index (χ1n) is 4.99. The third kappa shape index (κ3) is 1.77. The lowest BCUT2D eigenvalue weighted by atomic mass is 10.0. The number of hydrogen-bond donors (Lipinski definition) is 2. The Balaban J connectivity index is 2.38. The van der Waals surface area contributed by atoms with Crippen molar-refractivity contribution in [2.24, 2.45) is 11.5 Å². The molecule has 0 spiro atoms. The van der Waals surface area contributed by atoms with E-state index in [2.05, 4.69) is 4.98 Å². The van der Waals surface area contributed by atoms with E-state index in [1.807, 2.05) is 28.8 Å². The van der Waals surface area contributed by atoms with Crippen LogP contribution in [0.2, 0.25) is 0 Å². The lowest BCUT2D eigenvalue weighted by Gasteiger charge is -2.21. The molecule has 0 aliphatic rings. The van der Waals surface area contributed by atoms with Crippen molar-refractivity contribution in [1.82, 2.24) is 9.55 Å². The molecule has 1 aromatic heterocycles. The van der Waals surface area contributed by atoms with Crippen LogP contribution < -0.4 is 11.5 Å². The average Bonchev–Trinajstić information content (AvgIpc) is 2.61. The highest BCUT2D eigenvalue weighted by Gasteiger charge is 2.26. The number of nitrogens with two attached hydrogens (primary N) is 2. The highest BCUT2D eigenvalue weighted by molar-refractivity contribution is 5.84. The summed E-state index contributed by atoms with van der Waals surface area (Å²) in [5, 5.41) is 0. The molecule has 1 unspecified atom stereocenters. The van der Waals surface area contributed by atoms with Crippen molar-refractivity contribution in [1.29, 1.82) is 0 Å². The van der Waals surface area contributed by atoms with Crippen LogP contribution in [0.4, 0.5) is 0 Å². The Morgan fingerprint density at radius 3 is 2.88 bits per heavy atom. The van der Waals surface area contributed by atoms with Gasteiger partial charge in [0.2, 0.25) is 5.91 Å². The Hall–Kier alpha value is -1.88. The fourth-order valence-corrected chi connectivity index (χ4v) is 1.57. The topological polar surface area (TPSA) is 86.9 Å². The van der Waals surface area contributed by atoms with Gasteiger partial charge in [0, 0.05) is 0 Å². The number of amides is 1. The van der Waals surface area contributed by atoms with Gasteiger partial charge >= 0.3 is 0 Å². The van der Waals surface area contributed by atoms with Crippen LogP contribution in [0.5, 0.6) is 0 Å². The van der Waals surface area contributed by atoms with Crippen molar-refractivity contribution in [3.63, 3.8) is 0 Å². The van der Waals surface area contributed by atoms with Gasteiger partial charge < -0.3 is 16.0 Å². The molecule has 0 aliphatic carbocycles. The highest BCUT2D eigenvalue weighted by Crippen LogP contribution is 2.14. The quantitative estimate of drug-likeness (QED) is 0.773. The van der Waals surface area contributed by atoms with Crippen molar-refractivity contribution < 1.29 is 4.79 Å². The molecule has 5 nitrogen and oxygen atoms in total. The molecule has 5 heteroatoms. The second kappa shape index (κ2) is 3.61. The fourth-order valence-electron chi connectivity index (χ4n) is 1.57. The van der Waals surface area contributed by atoms with E-state index in [1.54, 1.807) is 13.3 Å². The van der Waals surface area contributed by atoms with Gasteiger partial charge in [-0.2, -0.15) is 0 Å². The molecule has 0 bridgehead atoms. The predicted octanol–water partition coefficient (Wildman–Crippen LogP) is 0.239. The van der Waals surface area contributed by atoms with E-state index in [-0.39, 0.29) is 0 Å². The van der Waals surface area contributed by atoms with E-state index in [4.69, 9.17) is 11.5 Å². The summed E-state index contributed by atoms with van der Waals surface area (Å²) in [4.78, 5) is 15.4. The number of carbonyl (C=O) groups excluding carboxylic acids is 1. The molecular weight excluding hydrogens is 204 g/mol. The zero-order valence-electron chi connectivity index (χ0n) is 9.05. The molecule has 1 heterocycles. The van der Waals surface area contributed by atoms with E-state index < -0.39 is 11.4 Å².